The molecule has 0 saturated heterocycles. The Morgan fingerprint density at radius 1 is 1.12 bits per heavy atom. The van der Waals surface area contributed by atoms with Crippen molar-refractivity contribution >= 4 is 34.8 Å². The van der Waals surface area contributed by atoms with Crippen LogP contribution in [-0.4, -0.2) is 28.4 Å². The molecule has 0 atom stereocenters. The number of phenolic OH excluding ortho intramolecular Hbond substituents is 1. The molecule has 3 N–H and O–H groups in total. The van der Waals surface area contributed by atoms with Gasteiger partial charge in [-0.05, 0) is 36.2 Å². The Kier molecular flexibility index (Phi) is 5.91. The molecule has 0 aromatic heterocycles. The minimum absolute atomic E-state index is 0.0682. The summed E-state index contributed by atoms with van der Waals surface area (Å²) in [4.78, 5) is 33.7. The van der Waals surface area contributed by atoms with Gasteiger partial charge in [0.05, 0.1) is 4.92 Å². The van der Waals surface area contributed by atoms with Crippen LogP contribution in [0.3, 0.4) is 0 Å². The number of hydrogen-bond acceptors (Lipinski definition) is 5. The lowest BCUT2D eigenvalue weighted by Gasteiger charge is -2.07. The van der Waals surface area contributed by atoms with Crippen LogP contribution in [0, 0.1) is 10.1 Å². The van der Waals surface area contributed by atoms with Gasteiger partial charge in [0.25, 0.3) is 5.69 Å². The molecule has 8 nitrogen and oxygen atoms in total. The number of hydrogen-bond donors (Lipinski definition) is 3. The highest BCUT2D eigenvalue weighted by Gasteiger charge is 2.17. The van der Waals surface area contributed by atoms with E-state index in [1.54, 1.807) is 12.1 Å². The minimum Gasteiger partial charge on any atom is -0.508 e. The number of carbonyl (C=O) groups is 2. The van der Waals surface area contributed by atoms with E-state index in [1.807, 2.05) is 0 Å². The molecular weight excluding hydrogens is 350 g/mol. The predicted molar refractivity (Wildman–Crippen MR) is 91.6 cm³/mol. The third kappa shape index (κ3) is 5.18. The van der Waals surface area contributed by atoms with Gasteiger partial charge < -0.3 is 15.7 Å². The van der Waals surface area contributed by atoms with Crippen LogP contribution >= 0.6 is 11.6 Å². The third-order valence-corrected chi connectivity index (χ3v) is 3.56. The molecule has 0 unspecified atom stereocenters. The van der Waals surface area contributed by atoms with Crippen molar-refractivity contribution in [3.05, 3.63) is 63.2 Å². The molecule has 2 aromatic carbocycles. The third-order valence-electron chi connectivity index (χ3n) is 3.24. The number of anilines is 1. The predicted octanol–water partition coefficient (Wildman–Crippen LogP) is 2.25. The molecule has 0 aliphatic carbocycles. The molecule has 130 valence electrons. The van der Waals surface area contributed by atoms with Crippen LogP contribution in [0.25, 0.3) is 0 Å². The maximum absolute atomic E-state index is 11.8. The number of nitro groups is 1. The summed E-state index contributed by atoms with van der Waals surface area (Å²) in [6, 6.07) is 10.1. The molecule has 0 saturated carbocycles. The van der Waals surface area contributed by atoms with Gasteiger partial charge in [-0.3, -0.25) is 19.7 Å². The van der Waals surface area contributed by atoms with Crippen LogP contribution in [0.2, 0.25) is 5.02 Å². The van der Waals surface area contributed by atoms with Gasteiger partial charge in [0.2, 0.25) is 0 Å². The van der Waals surface area contributed by atoms with Gasteiger partial charge in [0.15, 0.2) is 0 Å². The number of halogens is 1. The topological polar surface area (TPSA) is 122 Å². The number of nitrogens with zero attached hydrogens (tertiary/aromatic N) is 1. The van der Waals surface area contributed by atoms with Gasteiger partial charge in [-0.15, -0.1) is 0 Å². The Labute approximate surface area is 147 Å². The second kappa shape index (κ2) is 8.11. The van der Waals surface area contributed by atoms with E-state index < -0.39 is 16.7 Å². The number of nitrogens with one attached hydrogen (secondary N) is 2. The van der Waals surface area contributed by atoms with E-state index in [0.29, 0.717) is 6.42 Å². The maximum Gasteiger partial charge on any atom is 0.313 e. The number of carbonyl (C=O) groups excluding carboxylic acids is 2. The van der Waals surface area contributed by atoms with Gasteiger partial charge in [-0.25, -0.2) is 0 Å². The SMILES string of the molecule is O=C(NCCc1ccc(O)cc1)C(=O)Nc1ccc(Cl)c([N+](=O)[O-])c1. The summed E-state index contributed by atoms with van der Waals surface area (Å²) >= 11 is 5.68. The van der Waals surface area contributed by atoms with Crippen molar-refractivity contribution in [1.82, 2.24) is 5.32 Å². The Hall–Kier alpha value is -3.13. The van der Waals surface area contributed by atoms with Crippen LogP contribution in [0.1, 0.15) is 5.56 Å². The van der Waals surface area contributed by atoms with Crippen molar-refractivity contribution < 1.29 is 19.6 Å². The molecule has 0 radical (unpaired) electrons. The summed E-state index contributed by atoms with van der Waals surface area (Å²) in [6.07, 6.45) is 0.478. The first-order chi connectivity index (χ1) is 11.9. The smallest absolute Gasteiger partial charge is 0.313 e. The molecule has 2 amide bonds. The highest BCUT2D eigenvalue weighted by molar-refractivity contribution is 6.39. The fraction of sp³-hybridized carbons (Fsp3) is 0.125. The average molecular weight is 364 g/mol. The minimum atomic E-state index is -0.942. The zero-order valence-electron chi connectivity index (χ0n) is 12.9. The molecule has 9 heteroatoms. The van der Waals surface area contributed by atoms with E-state index in [9.17, 15) is 24.8 Å². The number of nitro benzene ring substituents is 1. The van der Waals surface area contributed by atoms with E-state index in [1.165, 1.54) is 24.3 Å². The van der Waals surface area contributed by atoms with Gasteiger partial charge in [0.1, 0.15) is 10.8 Å². The number of phenols is 1. The van der Waals surface area contributed by atoms with Gasteiger partial charge >= 0.3 is 11.8 Å². The lowest BCUT2D eigenvalue weighted by atomic mass is 10.1. The Morgan fingerprint density at radius 2 is 1.80 bits per heavy atom. The van der Waals surface area contributed by atoms with Crippen molar-refractivity contribution in [2.24, 2.45) is 0 Å². The molecular formula is C16H14ClN3O5. The van der Waals surface area contributed by atoms with Crippen LogP contribution in [0.15, 0.2) is 42.5 Å². The first-order valence-corrected chi connectivity index (χ1v) is 7.55. The summed E-state index contributed by atoms with van der Waals surface area (Å²) < 4.78 is 0. The Morgan fingerprint density at radius 3 is 2.44 bits per heavy atom. The van der Waals surface area contributed by atoms with E-state index >= 15 is 0 Å². The van der Waals surface area contributed by atoms with Crippen LogP contribution < -0.4 is 10.6 Å². The zero-order chi connectivity index (χ0) is 18.4. The van der Waals surface area contributed by atoms with Crippen molar-refractivity contribution in [3.63, 3.8) is 0 Å². The number of benzene rings is 2. The van der Waals surface area contributed by atoms with Gasteiger partial charge in [-0.1, -0.05) is 23.7 Å². The summed E-state index contributed by atoms with van der Waals surface area (Å²) in [5.74, 6) is -1.66. The van der Waals surface area contributed by atoms with Crippen molar-refractivity contribution in [2.75, 3.05) is 11.9 Å². The van der Waals surface area contributed by atoms with E-state index in [0.717, 1.165) is 11.6 Å². The summed E-state index contributed by atoms with van der Waals surface area (Å²) in [6.45, 7) is 0.220. The molecule has 0 aliphatic rings. The highest BCUT2D eigenvalue weighted by atomic mass is 35.5. The first kappa shape index (κ1) is 18.2. The lowest BCUT2D eigenvalue weighted by molar-refractivity contribution is -0.384. The molecule has 2 aromatic rings. The van der Waals surface area contributed by atoms with E-state index in [-0.39, 0.29) is 28.7 Å². The van der Waals surface area contributed by atoms with E-state index in [2.05, 4.69) is 10.6 Å². The normalized spacial score (nSPS) is 10.1. The van der Waals surface area contributed by atoms with E-state index in [4.69, 9.17) is 11.6 Å². The second-order valence-corrected chi connectivity index (χ2v) is 5.46. The Balaban J connectivity index is 1.88. The molecule has 0 fully saturated rings. The van der Waals surface area contributed by atoms with Gasteiger partial charge in [-0.2, -0.15) is 0 Å². The summed E-state index contributed by atoms with van der Waals surface area (Å²) in [7, 11) is 0. The van der Waals surface area contributed by atoms with Crippen LogP contribution in [0.5, 0.6) is 5.75 Å². The lowest BCUT2D eigenvalue weighted by Crippen LogP contribution is -2.36. The maximum atomic E-state index is 11.8. The second-order valence-electron chi connectivity index (χ2n) is 5.05. The number of rotatable bonds is 5. The summed E-state index contributed by atoms with van der Waals surface area (Å²) in [5, 5.41) is 24.6. The highest BCUT2D eigenvalue weighted by Crippen LogP contribution is 2.27. The quantitative estimate of drug-likeness (QED) is 0.427. The standard InChI is InChI=1S/C16H14ClN3O5/c17-13-6-3-11(9-14(13)20(24)25)19-16(23)15(22)18-8-7-10-1-4-12(21)5-2-10/h1-6,9,21H,7-8H2,(H,18,22)(H,19,23). The number of aromatic hydroxyl groups is 1. The molecule has 0 aliphatic heterocycles. The molecule has 2 rings (SSSR count). The van der Waals surface area contributed by atoms with Crippen molar-refractivity contribution in [2.45, 2.75) is 6.42 Å². The van der Waals surface area contributed by atoms with Crippen molar-refractivity contribution in [1.29, 1.82) is 0 Å². The van der Waals surface area contributed by atoms with Crippen LogP contribution in [-0.2, 0) is 16.0 Å². The summed E-state index contributed by atoms with van der Waals surface area (Å²) in [5.41, 5.74) is 0.605. The molecule has 0 heterocycles. The monoisotopic (exact) mass is 363 g/mol. The zero-order valence-corrected chi connectivity index (χ0v) is 13.6. The number of amides is 2. The molecule has 0 bridgehead atoms. The largest absolute Gasteiger partial charge is 0.508 e. The fourth-order valence-corrected chi connectivity index (χ4v) is 2.17. The average Bonchev–Trinajstić information content (AvgIpc) is 2.58. The molecule has 25 heavy (non-hydrogen) atoms. The molecule has 0 spiro atoms. The van der Waals surface area contributed by atoms with Gasteiger partial charge in [0, 0.05) is 18.3 Å². The first-order valence-electron chi connectivity index (χ1n) is 7.18. The van der Waals surface area contributed by atoms with Crippen molar-refractivity contribution in [3.8, 4) is 5.75 Å². The fourth-order valence-electron chi connectivity index (χ4n) is 1.98. The Bertz CT molecular complexity index is 808. The van der Waals surface area contributed by atoms with Crippen LogP contribution in [0.4, 0.5) is 11.4 Å².